The van der Waals surface area contributed by atoms with E-state index in [1.165, 1.54) is 0 Å². The highest BCUT2D eigenvalue weighted by Gasteiger charge is 2.72. The van der Waals surface area contributed by atoms with E-state index in [1.54, 1.807) is 0 Å². The second-order valence-electron chi connectivity index (χ2n) is 15.6. The first-order valence-corrected chi connectivity index (χ1v) is 15.6. The summed E-state index contributed by atoms with van der Waals surface area (Å²) in [5.74, 6) is 0.696. The fourth-order valence-electron chi connectivity index (χ4n) is 11.1. The summed E-state index contributed by atoms with van der Waals surface area (Å²) in [5, 5.41) is 21.9. The Balaban J connectivity index is 1.64. The lowest BCUT2D eigenvalue weighted by Gasteiger charge is -2.72. The van der Waals surface area contributed by atoms with Gasteiger partial charge in [0.25, 0.3) is 0 Å². The minimum atomic E-state index is -0.605. The molecule has 0 aromatic carbocycles. The highest BCUT2D eigenvalue weighted by atomic mass is 79.9. The summed E-state index contributed by atoms with van der Waals surface area (Å²) in [4.78, 5) is 27.7. The lowest BCUT2D eigenvalue weighted by atomic mass is 9.31. The summed E-state index contributed by atoms with van der Waals surface area (Å²) >= 11 is 3.60. The predicted octanol–water partition coefficient (Wildman–Crippen LogP) is 7.04. The maximum Gasteiger partial charge on any atom is 0.178 e. The van der Waals surface area contributed by atoms with Crippen LogP contribution in [0.5, 0.6) is 0 Å². The summed E-state index contributed by atoms with van der Waals surface area (Å²) in [7, 11) is 0. The summed E-state index contributed by atoms with van der Waals surface area (Å²) < 4.78 is 0. The molecule has 3 unspecified atom stereocenters. The fraction of sp³-hybridized carbons (Fsp3) is 0.844. The van der Waals surface area contributed by atoms with Gasteiger partial charge in [0, 0.05) is 28.5 Å². The summed E-state index contributed by atoms with van der Waals surface area (Å²) in [5.41, 5.74) is -0.960. The van der Waals surface area contributed by atoms with Gasteiger partial charge in [0.2, 0.25) is 0 Å². The molecular formula is C32H46BrNO3. The molecule has 0 bridgehead atoms. The molecule has 0 amide bonds. The molecule has 4 nitrogen and oxygen atoms in total. The van der Waals surface area contributed by atoms with Crippen molar-refractivity contribution in [1.29, 1.82) is 5.26 Å². The molecule has 37 heavy (non-hydrogen) atoms. The molecule has 0 saturated heterocycles. The third-order valence-corrected chi connectivity index (χ3v) is 14.0. The van der Waals surface area contributed by atoms with E-state index in [4.69, 9.17) is 0 Å². The van der Waals surface area contributed by atoms with Crippen molar-refractivity contribution in [3.05, 3.63) is 11.6 Å². The van der Waals surface area contributed by atoms with Crippen LogP contribution in [0.3, 0.4) is 0 Å². The zero-order valence-corrected chi connectivity index (χ0v) is 25.5. The Hall–Kier alpha value is -0.990. The monoisotopic (exact) mass is 571 g/mol. The molecule has 5 aliphatic carbocycles. The normalized spacial score (nSPS) is 48.9. The first kappa shape index (κ1) is 27.6. The minimum Gasteiger partial charge on any atom is -0.392 e. The number of aliphatic hydroxyl groups is 1. The molecule has 0 heterocycles. The average molecular weight is 573 g/mol. The number of nitriles is 1. The van der Waals surface area contributed by atoms with E-state index >= 15 is 0 Å². The number of Topliss-reactive ketones (excluding diaryl/α,β-unsaturated/α-hetero) is 2. The second-order valence-corrected chi connectivity index (χ2v) is 16.2. The van der Waals surface area contributed by atoms with Crippen LogP contribution in [0, 0.1) is 67.5 Å². The second kappa shape index (κ2) is 8.26. The van der Waals surface area contributed by atoms with Crippen LogP contribution in [0.1, 0.15) is 99.8 Å². The van der Waals surface area contributed by atoms with Crippen LogP contribution in [0.15, 0.2) is 11.6 Å². The highest BCUT2D eigenvalue weighted by molar-refractivity contribution is 9.09. The zero-order chi connectivity index (χ0) is 27.4. The molecule has 0 aromatic heterocycles. The van der Waals surface area contributed by atoms with Crippen molar-refractivity contribution in [3.63, 3.8) is 0 Å². The maximum absolute atomic E-state index is 14.5. The van der Waals surface area contributed by atoms with Crippen molar-refractivity contribution < 1.29 is 14.7 Å². The molecule has 1 N–H and O–H groups in total. The van der Waals surface area contributed by atoms with Gasteiger partial charge in [-0.05, 0) is 84.4 Å². The first-order chi connectivity index (χ1) is 17.0. The van der Waals surface area contributed by atoms with Crippen LogP contribution in [-0.4, -0.2) is 28.1 Å². The van der Waals surface area contributed by atoms with Gasteiger partial charge in [-0.1, -0.05) is 70.5 Å². The number of carbonyl (C=O) groups is 2. The number of allylic oxidation sites excluding steroid dienone is 2. The highest BCUT2D eigenvalue weighted by Crippen LogP contribution is 2.76. The third kappa shape index (κ3) is 3.39. The van der Waals surface area contributed by atoms with Gasteiger partial charge in [-0.25, -0.2) is 0 Å². The molecule has 9 atom stereocenters. The third-order valence-electron chi connectivity index (χ3n) is 13.3. The molecule has 204 valence electrons. The van der Waals surface area contributed by atoms with Crippen molar-refractivity contribution >= 4 is 27.5 Å². The van der Waals surface area contributed by atoms with Crippen molar-refractivity contribution in [2.24, 2.45) is 56.2 Å². The van der Waals surface area contributed by atoms with Crippen molar-refractivity contribution in [2.75, 3.05) is 5.33 Å². The van der Waals surface area contributed by atoms with Crippen LogP contribution >= 0.6 is 15.9 Å². The Bertz CT molecular complexity index is 1100. The van der Waals surface area contributed by atoms with Gasteiger partial charge in [0.15, 0.2) is 5.78 Å². The summed E-state index contributed by atoms with van der Waals surface area (Å²) in [6.07, 6.45) is 9.00. The zero-order valence-electron chi connectivity index (χ0n) is 23.9. The number of hydrogen-bond donors (Lipinski definition) is 1. The van der Waals surface area contributed by atoms with Crippen LogP contribution in [0.4, 0.5) is 0 Å². The number of nitrogens with zero attached hydrogens (tertiary/aromatic N) is 1. The number of ketones is 2. The van der Waals surface area contributed by atoms with E-state index in [9.17, 15) is 20.0 Å². The standard InChI is InChI=1S/C32H46BrNO3/c1-27(2)10-12-32(24(36)17-33)13-11-31(7)25(20(32)16-27)21(35)14-23-29(5)15-19(18-34)26(37)28(3,4)22(29)8-9-30(23,31)6/h15,20,22-25,36H,8-14,16-17H2,1-7H3/t20?,22-,23+,24?,25?,29-,30+,31+,32-/m0/s1. The molecule has 5 rings (SSSR count). The summed E-state index contributed by atoms with van der Waals surface area (Å²) in [6, 6.07) is 2.22. The van der Waals surface area contributed by atoms with E-state index in [0.717, 1.165) is 44.9 Å². The lowest BCUT2D eigenvalue weighted by Crippen LogP contribution is -2.69. The van der Waals surface area contributed by atoms with Crippen molar-refractivity contribution in [3.8, 4) is 6.07 Å². The number of alkyl halides is 1. The Labute approximate surface area is 232 Å². The molecule has 4 saturated carbocycles. The Morgan fingerprint density at radius 1 is 1.00 bits per heavy atom. The molecular weight excluding hydrogens is 526 g/mol. The summed E-state index contributed by atoms with van der Waals surface area (Å²) in [6.45, 7) is 15.8. The Morgan fingerprint density at radius 2 is 1.65 bits per heavy atom. The molecule has 4 fully saturated rings. The lowest BCUT2D eigenvalue weighted by molar-refractivity contribution is -0.232. The average Bonchev–Trinajstić information content (AvgIpc) is 2.82. The van der Waals surface area contributed by atoms with Gasteiger partial charge < -0.3 is 5.11 Å². The molecule has 5 heteroatoms. The van der Waals surface area contributed by atoms with E-state index in [0.29, 0.717) is 17.5 Å². The van der Waals surface area contributed by atoms with Crippen molar-refractivity contribution in [2.45, 2.75) is 106 Å². The number of rotatable bonds is 2. The quantitative estimate of drug-likeness (QED) is 0.360. The van der Waals surface area contributed by atoms with E-state index in [1.807, 2.05) is 19.9 Å². The molecule has 0 radical (unpaired) electrons. The fourth-order valence-corrected chi connectivity index (χ4v) is 11.7. The number of fused-ring (bicyclic) bond motifs is 7. The SMILES string of the molecule is CC1(C)CC[C@]2(C(O)CBr)CC[C@]3(C)C(C(=O)C[C@@H]4[C@@]5(C)C=C(C#N)C(=O)C(C)(C)[C@@H]5CC[C@]43C)C2C1. The van der Waals surface area contributed by atoms with Gasteiger partial charge in [-0.15, -0.1) is 0 Å². The molecule has 5 aliphatic rings. The van der Waals surface area contributed by atoms with Gasteiger partial charge in [-0.2, -0.15) is 5.26 Å². The largest absolute Gasteiger partial charge is 0.392 e. The Morgan fingerprint density at radius 3 is 2.27 bits per heavy atom. The van der Waals surface area contributed by atoms with E-state index in [-0.39, 0.29) is 62.1 Å². The molecule has 0 aromatic rings. The van der Waals surface area contributed by atoms with Crippen LogP contribution in [0.2, 0.25) is 0 Å². The van der Waals surface area contributed by atoms with Crippen LogP contribution in [0.25, 0.3) is 0 Å². The predicted molar refractivity (Wildman–Crippen MR) is 149 cm³/mol. The number of halogens is 1. The molecule has 0 spiro atoms. The van der Waals surface area contributed by atoms with Crippen LogP contribution in [-0.2, 0) is 9.59 Å². The first-order valence-electron chi connectivity index (χ1n) is 14.5. The number of carbonyl (C=O) groups excluding carboxylic acids is 2. The number of aliphatic hydroxyl groups excluding tert-OH is 1. The smallest absolute Gasteiger partial charge is 0.178 e. The van der Waals surface area contributed by atoms with E-state index in [2.05, 4.69) is 56.6 Å². The van der Waals surface area contributed by atoms with Gasteiger partial charge in [0.1, 0.15) is 11.9 Å². The van der Waals surface area contributed by atoms with Gasteiger partial charge >= 0.3 is 0 Å². The van der Waals surface area contributed by atoms with Crippen molar-refractivity contribution in [1.82, 2.24) is 0 Å². The molecule has 0 aliphatic heterocycles. The van der Waals surface area contributed by atoms with Gasteiger partial charge in [0.05, 0.1) is 11.7 Å². The maximum atomic E-state index is 14.5. The topological polar surface area (TPSA) is 78.2 Å². The Kier molecular flexibility index (Phi) is 6.16. The van der Waals surface area contributed by atoms with Gasteiger partial charge in [-0.3, -0.25) is 9.59 Å². The van der Waals surface area contributed by atoms with E-state index < -0.39 is 11.5 Å². The minimum absolute atomic E-state index is 0.0389. The number of hydrogen-bond acceptors (Lipinski definition) is 4. The van der Waals surface area contributed by atoms with Crippen LogP contribution < -0.4 is 0 Å².